The number of aromatic hydroxyl groups is 1. The van der Waals surface area contributed by atoms with E-state index < -0.39 is 23.7 Å². The Bertz CT molecular complexity index is 1880. The van der Waals surface area contributed by atoms with E-state index in [4.69, 9.17) is 9.47 Å². The van der Waals surface area contributed by atoms with Crippen LogP contribution in [0.15, 0.2) is 101 Å². The normalized spacial score (nSPS) is 23.8. The summed E-state index contributed by atoms with van der Waals surface area (Å²) >= 11 is 0. The van der Waals surface area contributed by atoms with Gasteiger partial charge in [0.15, 0.2) is 23.1 Å². The lowest BCUT2D eigenvalue weighted by Gasteiger charge is -2.42. The monoisotopic (exact) mass is 616 g/mol. The van der Waals surface area contributed by atoms with E-state index in [1.807, 2.05) is 48.5 Å². The number of phenolic OH excluding ortho intramolecular Hbond substituents is 1. The maximum atomic E-state index is 14.2. The van der Waals surface area contributed by atoms with Crippen LogP contribution < -0.4 is 19.7 Å². The number of methoxy groups -OCH3 is 2. The van der Waals surface area contributed by atoms with Gasteiger partial charge in [-0.05, 0) is 85.9 Å². The second-order valence-corrected chi connectivity index (χ2v) is 12.1. The molecule has 0 aromatic heterocycles. The van der Waals surface area contributed by atoms with Crippen molar-refractivity contribution in [2.45, 2.75) is 25.7 Å². The number of anilines is 3. The molecule has 1 heterocycles. The third-order valence-electron chi connectivity index (χ3n) is 9.59. The average molecular weight is 617 g/mol. The number of amides is 2. The molecule has 0 saturated carbocycles. The van der Waals surface area contributed by atoms with Crippen LogP contribution >= 0.6 is 0 Å². The van der Waals surface area contributed by atoms with Crippen LogP contribution in [0.5, 0.6) is 17.2 Å². The molecule has 4 unspecified atom stereocenters. The van der Waals surface area contributed by atoms with Gasteiger partial charge in [0.05, 0.1) is 31.7 Å². The number of imide groups is 1. The minimum Gasteiger partial charge on any atom is -0.502 e. The van der Waals surface area contributed by atoms with Gasteiger partial charge in [-0.3, -0.25) is 24.1 Å². The third kappa shape index (κ3) is 4.53. The van der Waals surface area contributed by atoms with Crippen LogP contribution in [0.1, 0.15) is 31.2 Å². The summed E-state index contributed by atoms with van der Waals surface area (Å²) in [7, 11) is 2.84. The Labute approximate surface area is 265 Å². The fourth-order valence-corrected chi connectivity index (χ4v) is 7.46. The molecule has 232 valence electrons. The lowest BCUT2D eigenvalue weighted by molar-refractivity contribution is -0.123. The molecule has 3 aromatic carbocycles. The Morgan fingerprint density at radius 2 is 1.50 bits per heavy atom. The van der Waals surface area contributed by atoms with E-state index in [1.54, 1.807) is 31.2 Å². The Balaban J connectivity index is 1.28. The maximum absolute atomic E-state index is 14.2. The van der Waals surface area contributed by atoms with Crippen LogP contribution in [0, 0.1) is 17.8 Å². The van der Waals surface area contributed by atoms with Crippen LogP contribution in [0.25, 0.3) is 0 Å². The first-order valence-electron chi connectivity index (χ1n) is 15.2. The Kier molecular flexibility index (Phi) is 7.11. The van der Waals surface area contributed by atoms with Gasteiger partial charge in [0.2, 0.25) is 17.6 Å². The lowest BCUT2D eigenvalue weighted by Crippen LogP contribution is -2.39. The molecule has 9 heteroatoms. The van der Waals surface area contributed by atoms with Crippen molar-refractivity contribution in [3.05, 3.63) is 107 Å². The van der Waals surface area contributed by atoms with Crippen molar-refractivity contribution < 1.29 is 33.8 Å². The molecule has 2 N–H and O–H groups in total. The van der Waals surface area contributed by atoms with Crippen molar-refractivity contribution in [3.63, 3.8) is 0 Å². The van der Waals surface area contributed by atoms with Crippen LogP contribution in [-0.2, 0) is 19.2 Å². The van der Waals surface area contributed by atoms with Gasteiger partial charge >= 0.3 is 0 Å². The Morgan fingerprint density at radius 3 is 2.15 bits per heavy atom. The molecule has 3 aromatic rings. The second kappa shape index (κ2) is 11.2. The standard InChI is InChI=1S/C37H32N2O7/c1-19-15-28(40)27-18-26-24(31(33(27)34(19)41)20-16-29(45-2)35(42)30(17-20)46-3)13-14-25-32(26)37(44)39(36(25)43)23-11-9-22(10-12-23)38-21-7-5-4-6-8-21/h4-13,15-17,25-26,31-32,38,42H,14,18H2,1-3H3. The summed E-state index contributed by atoms with van der Waals surface area (Å²) in [4.78, 5) is 56.5. The fraction of sp³-hybridized carbons (Fsp3) is 0.243. The molecule has 7 rings (SSSR count). The number of hydrogen-bond donors (Lipinski definition) is 2. The van der Waals surface area contributed by atoms with Gasteiger partial charge in [-0.25, -0.2) is 0 Å². The predicted molar refractivity (Wildman–Crippen MR) is 171 cm³/mol. The van der Waals surface area contributed by atoms with Gasteiger partial charge < -0.3 is 19.9 Å². The molecule has 0 spiro atoms. The quantitative estimate of drug-likeness (QED) is 0.203. The number of nitrogens with zero attached hydrogens (tertiary/aromatic N) is 1. The van der Waals surface area contributed by atoms with Gasteiger partial charge in [0.1, 0.15) is 0 Å². The summed E-state index contributed by atoms with van der Waals surface area (Å²) in [6.07, 6.45) is 3.79. The first-order valence-corrected chi connectivity index (χ1v) is 15.2. The molecular weight excluding hydrogens is 584 g/mol. The molecule has 9 nitrogen and oxygen atoms in total. The van der Waals surface area contributed by atoms with E-state index in [2.05, 4.69) is 5.32 Å². The first kappa shape index (κ1) is 29.3. The number of carbonyl (C=O) groups excluding carboxylic acids is 4. The van der Waals surface area contributed by atoms with E-state index in [1.165, 1.54) is 25.2 Å². The largest absolute Gasteiger partial charge is 0.502 e. The number of ether oxygens (including phenoxy) is 2. The number of nitrogens with one attached hydrogen (secondary N) is 1. The van der Waals surface area contributed by atoms with E-state index in [0.717, 1.165) is 16.9 Å². The second-order valence-electron chi connectivity index (χ2n) is 12.1. The number of ketones is 2. The van der Waals surface area contributed by atoms with E-state index in [9.17, 15) is 24.3 Å². The summed E-state index contributed by atoms with van der Waals surface area (Å²) < 4.78 is 10.9. The number of rotatable bonds is 6. The number of carbonyl (C=O) groups is 4. The molecule has 3 aliphatic carbocycles. The molecule has 0 bridgehead atoms. The highest BCUT2D eigenvalue weighted by Gasteiger charge is 2.56. The molecule has 4 aliphatic rings. The zero-order valence-corrected chi connectivity index (χ0v) is 25.6. The summed E-state index contributed by atoms with van der Waals surface area (Å²) in [5.41, 5.74) is 4.64. The Hall–Kier alpha value is -5.44. The molecule has 0 radical (unpaired) electrons. The lowest BCUT2D eigenvalue weighted by atomic mass is 9.59. The minimum atomic E-state index is -0.706. The summed E-state index contributed by atoms with van der Waals surface area (Å²) in [5.74, 6) is -3.49. The van der Waals surface area contributed by atoms with Crippen LogP contribution in [-0.4, -0.2) is 42.7 Å². The predicted octanol–water partition coefficient (Wildman–Crippen LogP) is 5.79. The molecule has 1 fully saturated rings. The fourth-order valence-electron chi connectivity index (χ4n) is 7.46. The van der Waals surface area contributed by atoms with Gasteiger partial charge in [0.25, 0.3) is 0 Å². The highest BCUT2D eigenvalue weighted by Crippen LogP contribution is 2.56. The van der Waals surface area contributed by atoms with Crippen molar-refractivity contribution in [1.82, 2.24) is 0 Å². The SMILES string of the molecule is COc1cc(C2C3=CCC4C(=O)N(c5ccc(Nc6ccccc6)cc5)C(=O)C4C3CC3=C2C(=O)C(C)=CC3=O)cc(OC)c1O. The summed E-state index contributed by atoms with van der Waals surface area (Å²) in [6, 6.07) is 20.1. The molecule has 46 heavy (non-hydrogen) atoms. The van der Waals surface area contributed by atoms with Gasteiger partial charge in [0, 0.05) is 34.0 Å². The average Bonchev–Trinajstić information content (AvgIpc) is 3.33. The number of hydrogen-bond acceptors (Lipinski definition) is 8. The minimum absolute atomic E-state index is 0.151. The van der Waals surface area contributed by atoms with Crippen molar-refractivity contribution in [3.8, 4) is 17.2 Å². The van der Waals surface area contributed by atoms with Crippen LogP contribution in [0.2, 0.25) is 0 Å². The topological polar surface area (TPSA) is 122 Å². The summed E-state index contributed by atoms with van der Waals surface area (Å²) in [6.45, 7) is 1.62. The smallest absolute Gasteiger partial charge is 0.238 e. The number of Topliss-reactive ketones (excluding diaryl/α,β-unsaturated/α-hetero) is 1. The number of allylic oxidation sites excluding steroid dienone is 6. The highest BCUT2D eigenvalue weighted by molar-refractivity contribution is 6.25. The number of benzene rings is 3. The van der Waals surface area contributed by atoms with Gasteiger partial charge in [-0.15, -0.1) is 0 Å². The summed E-state index contributed by atoms with van der Waals surface area (Å²) in [5, 5.41) is 13.9. The molecule has 2 amide bonds. The van der Waals surface area contributed by atoms with Crippen molar-refractivity contribution in [2.24, 2.45) is 17.8 Å². The molecule has 4 atom stereocenters. The number of fused-ring (bicyclic) bond motifs is 3. The van der Waals surface area contributed by atoms with Crippen molar-refractivity contribution in [1.29, 1.82) is 0 Å². The van der Waals surface area contributed by atoms with Gasteiger partial charge in [-0.1, -0.05) is 29.8 Å². The molecule has 1 saturated heterocycles. The number of phenols is 1. The van der Waals surface area contributed by atoms with E-state index in [-0.39, 0.29) is 47.1 Å². The Morgan fingerprint density at radius 1 is 0.848 bits per heavy atom. The molecule has 1 aliphatic heterocycles. The van der Waals surface area contributed by atoms with Crippen molar-refractivity contribution in [2.75, 3.05) is 24.4 Å². The maximum Gasteiger partial charge on any atom is 0.238 e. The van der Waals surface area contributed by atoms with Crippen molar-refractivity contribution >= 4 is 40.4 Å². The van der Waals surface area contributed by atoms with Crippen LogP contribution in [0.4, 0.5) is 17.1 Å². The molecular formula is C37H32N2O7. The van der Waals surface area contributed by atoms with Crippen LogP contribution in [0.3, 0.4) is 0 Å². The zero-order chi connectivity index (χ0) is 32.3. The third-order valence-corrected chi connectivity index (χ3v) is 9.59. The van der Waals surface area contributed by atoms with E-state index in [0.29, 0.717) is 34.4 Å². The highest BCUT2D eigenvalue weighted by atomic mass is 16.5. The number of para-hydroxylation sites is 1. The zero-order valence-electron chi connectivity index (χ0n) is 25.6. The first-order chi connectivity index (χ1) is 22.2. The van der Waals surface area contributed by atoms with E-state index >= 15 is 0 Å². The van der Waals surface area contributed by atoms with Gasteiger partial charge in [-0.2, -0.15) is 0 Å².